The Bertz CT molecular complexity index is 985. The molecule has 6 heteroatoms. The van der Waals surface area contributed by atoms with Gasteiger partial charge in [-0.25, -0.2) is 0 Å². The van der Waals surface area contributed by atoms with Gasteiger partial charge in [0, 0.05) is 12.4 Å². The number of benzene rings is 2. The van der Waals surface area contributed by atoms with Crippen LogP contribution in [0.3, 0.4) is 0 Å². The second-order valence-electron chi connectivity index (χ2n) is 6.11. The molecule has 1 unspecified atom stereocenters. The van der Waals surface area contributed by atoms with Crippen molar-refractivity contribution in [1.82, 2.24) is 0 Å². The Morgan fingerprint density at radius 3 is 2.41 bits per heavy atom. The standard InChI is InChI=1S/C21H17NO3S.Na/c1-13-18(9-14-3-6-16(7-4-14)26(2)25)17-8-5-15(12-22)10-20(17)19(13)11-21(23)24;/h3-10H,11H2,1-2H3,(H,23,24);/q;+1/p-1/b18-9+;. The van der Waals surface area contributed by atoms with Gasteiger partial charge in [0.15, 0.2) is 4.90 Å². The van der Waals surface area contributed by atoms with Crippen LogP contribution in [0.1, 0.15) is 35.6 Å². The summed E-state index contributed by atoms with van der Waals surface area (Å²) in [6.07, 6.45) is 3.41. The number of nitrogens with zero attached hydrogens (tertiary/aromatic N) is 1. The summed E-state index contributed by atoms with van der Waals surface area (Å²) >= 11 is -1.03. The van der Waals surface area contributed by atoms with Gasteiger partial charge in [-0.05, 0) is 94.0 Å². The van der Waals surface area contributed by atoms with Gasteiger partial charge in [0.1, 0.15) is 6.26 Å². The van der Waals surface area contributed by atoms with Crippen molar-refractivity contribution < 1.29 is 44.0 Å². The van der Waals surface area contributed by atoms with E-state index in [4.69, 9.17) is 5.26 Å². The van der Waals surface area contributed by atoms with E-state index in [1.165, 1.54) is 0 Å². The van der Waals surface area contributed by atoms with Crippen molar-refractivity contribution in [3.8, 4) is 6.07 Å². The summed E-state index contributed by atoms with van der Waals surface area (Å²) in [5.41, 5.74) is 5.55. The molecular formula is C21H16NNaO3S. The smallest absolute Gasteiger partial charge is 0.612 e. The molecule has 0 fully saturated rings. The number of nitriles is 1. The fourth-order valence-corrected chi connectivity index (χ4v) is 3.66. The predicted octanol–water partition coefficient (Wildman–Crippen LogP) is -0.233. The summed E-state index contributed by atoms with van der Waals surface area (Å²) in [5, 5.41) is 20.3. The molecule has 0 radical (unpaired) electrons. The minimum Gasteiger partial charge on any atom is -0.612 e. The maximum absolute atomic E-state index is 11.5. The first kappa shape index (κ1) is 21.5. The Morgan fingerprint density at radius 2 is 1.85 bits per heavy atom. The number of carboxylic acid groups (broad SMARTS) is 1. The van der Waals surface area contributed by atoms with Crippen LogP contribution < -0.4 is 34.7 Å². The third kappa shape index (κ3) is 4.55. The summed E-state index contributed by atoms with van der Waals surface area (Å²) in [6, 6.07) is 14.8. The zero-order valence-corrected chi connectivity index (χ0v) is 18.2. The summed E-state index contributed by atoms with van der Waals surface area (Å²) in [7, 11) is 0. The van der Waals surface area contributed by atoms with E-state index in [0.29, 0.717) is 11.1 Å². The number of carboxylic acids is 1. The number of hydrogen-bond donors (Lipinski definition) is 0. The van der Waals surface area contributed by atoms with E-state index in [2.05, 4.69) is 6.07 Å². The zero-order chi connectivity index (χ0) is 18.8. The van der Waals surface area contributed by atoms with E-state index in [0.717, 1.165) is 32.7 Å². The molecular weight excluding hydrogens is 369 g/mol. The predicted molar refractivity (Wildman–Crippen MR) is 100 cm³/mol. The Hall–Kier alpha value is -1.81. The van der Waals surface area contributed by atoms with E-state index in [1.54, 1.807) is 18.4 Å². The number of carbonyl (C=O) groups excluding carboxylic acids is 1. The molecule has 3 rings (SSSR count). The Morgan fingerprint density at radius 1 is 1.19 bits per heavy atom. The quantitative estimate of drug-likeness (QED) is 0.537. The summed E-state index contributed by atoms with van der Waals surface area (Å²) in [5.74, 6) is -1.15. The molecule has 1 aliphatic rings. The molecule has 2 aromatic rings. The topological polar surface area (TPSA) is 87.0 Å². The molecule has 1 atom stereocenters. The van der Waals surface area contributed by atoms with Crippen molar-refractivity contribution in [2.75, 3.05) is 6.26 Å². The zero-order valence-electron chi connectivity index (χ0n) is 15.4. The van der Waals surface area contributed by atoms with Gasteiger partial charge in [0.25, 0.3) is 0 Å². The van der Waals surface area contributed by atoms with Gasteiger partial charge in [-0.15, -0.1) is 0 Å². The number of aliphatic carboxylic acids is 1. The average Bonchev–Trinajstić information content (AvgIpc) is 2.87. The van der Waals surface area contributed by atoms with Crippen LogP contribution in [0.2, 0.25) is 0 Å². The van der Waals surface area contributed by atoms with Gasteiger partial charge in [-0.2, -0.15) is 5.26 Å². The van der Waals surface area contributed by atoms with Gasteiger partial charge in [-0.3, -0.25) is 0 Å². The molecule has 0 N–H and O–H groups in total. The first-order valence-electron chi connectivity index (χ1n) is 8.00. The van der Waals surface area contributed by atoms with Crippen LogP contribution in [0.5, 0.6) is 0 Å². The molecule has 0 aliphatic heterocycles. The largest absolute Gasteiger partial charge is 1.00 e. The monoisotopic (exact) mass is 385 g/mol. The molecule has 27 heavy (non-hydrogen) atoms. The SMILES string of the molecule is CC1=C(CC(=O)[O-])c2cc(C#N)ccc2/C1=C/c1ccc([S+](C)[O-])cc1.[Na+]. The molecule has 0 saturated carbocycles. The molecule has 0 amide bonds. The molecule has 0 bridgehead atoms. The Kier molecular flexibility index (Phi) is 7.10. The second kappa shape index (κ2) is 8.92. The summed E-state index contributed by atoms with van der Waals surface area (Å²) in [4.78, 5) is 11.9. The van der Waals surface area contributed by atoms with E-state index in [1.807, 2.05) is 43.3 Å². The molecule has 130 valence electrons. The molecule has 1 aliphatic carbocycles. The average molecular weight is 385 g/mol. The molecule has 4 nitrogen and oxygen atoms in total. The number of hydrogen-bond acceptors (Lipinski definition) is 4. The fourth-order valence-electron chi connectivity index (χ4n) is 3.15. The first-order chi connectivity index (χ1) is 12.4. The van der Waals surface area contributed by atoms with E-state index in [9.17, 15) is 14.5 Å². The van der Waals surface area contributed by atoms with Crippen LogP contribution in [0.25, 0.3) is 17.2 Å². The van der Waals surface area contributed by atoms with Crippen molar-refractivity contribution in [2.45, 2.75) is 18.2 Å². The van der Waals surface area contributed by atoms with Crippen molar-refractivity contribution in [3.63, 3.8) is 0 Å². The number of carbonyl (C=O) groups is 1. The van der Waals surface area contributed by atoms with E-state index in [-0.39, 0.29) is 36.0 Å². The number of allylic oxidation sites excluding steroid dienone is 2. The van der Waals surface area contributed by atoms with E-state index < -0.39 is 17.1 Å². The van der Waals surface area contributed by atoms with Gasteiger partial charge in [-0.1, -0.05) is 6.07 Å². The van der Waals surface area contributed by atoms with Crippen LogP contribution in [-0.2, 0) is 16.0 Å². The normalized spacial score (nSPS) is 15.1. The third-order valence-corrected chi connectivity index (χ3v) is 5.40. The second-order valence-corrected chi connectivity index (χ2v) is 7.49. The van der Waals surface area contributed by atoms with Crippen LogP contribution in [-0.4, -0.2) is 16.8 Å². The van der Waals surface area contributed by atoms with Gasteiger partial charge < -0.3 is 14.5 Å². The van der Waals surface area contributed by atoms with Crippen LogP contribution >= 0.6 is 0 Å². The molecule has 2 aromatic carbocycles. The van der Waals surface area contributed by atoms with Crippen molar-refractivity contribution in [3.05, 3.63) is 70.3 Å². The number of fused-ring (bicyclic) bond motifs is 1. The summed E-state index contributed by atoms with van der Waals surface area (Å²) < 4.78 is 11.5. The van der Waals surface area contributed by atoms with Crippen LogP contribution in [0.15, 0.2) is 52.9 Å². The maximum atomic E-state index is 11.5. The fraction of sp³-hybridized carbons (Fsp3) is 0.143. The van der Waals surface area contributed by atoms with Crippen molar-refractivity contribution >= 4 is 34.4 Å². The Labute approximate surface area is 183 Å². The van der Waals surface area contributed by atoms with E-state index >= 15 is 0 Å². The molecule has 0 spiro atoms. The van der Waals surface area contributed by atoms with Gasteiger partial charge in [0.2, 0.25) is 0 Å². The van der Waals surface area contributed by atoms with Crippen LogP contribution in [0, 0.1) is 11.3 Å². The maximum Gasteiger partial charge on any atom is 1.00 e. The molecule has 0 saturated heterocycles. The Balaban J connectivity index is 0.00000261. The summed E-state index contributed by atoms with van der Waals surface area (Å²) in [6.45, 7) is 1.88. The first-order valence-corrected chi connectivity index (χ1v) is 9.56. The van der Waals surface area contributed by atoms with Crippen LogP contribution in [0.4, 0.5) is 0 Å². The third-order valence-electron chi connectivity index (χ3n) is 4.46. The van der Waals surface area contributed by atoms with Gasteiger partial charge in [0.05, 0.1) is 11.6 Å². The van der Waals surface area contributed by atoms with Gasteiger partial charge >= 0.3 is 29.6 Å². The minimum absolute atomic E-state index is 0. The molecule has 0 heterocycles. The van der Waals surface area contributed by atoms with Crippen molar-refractivity contribution in [2.24, 2.45) is 0 Å². The number of rotatable bonds is 4. The molecule has 0 aromatic heterocycles. The van der Waals surface area contributed by atoms with Crippen molar-refractivity contribution in [1.29, 1.82) is 5.26 Å². The minimum atomic E-state index is -1.15.